The fourth-order valence-corrected chi connectivity index (χ4v) is 1.21. The summed E-state index contributed by atoms with van der Waals surface area (Å²) in [5.74, 6) is -0.0324. The normalized spacial score (nSPS) is 11.3. The second-order valence-corrected chi connectivity index (χ2v) is 5.09. The van der Waals surface area contributed by atoms with E-state index in [9.17, 15) is 4.79 Å². The van der Waals surface area contributed by atoms with Crippen LogP contribution in [0.4, 0.5) is 5.69 Å². The smallest absolute Gasteiger partial charge is 0.229 e. The Morgan fingerprint density at radius 1 is 1.33 bits per heavy atom. The van der Waals surface area contributed by atoms with Crippen molar-refractivity contribution in [2.24, 2.45) is 5.41 Å². The second kappa shape index (κ2) is 4.23. The van der Waals surface area contributed by atoms with Gasteiger partial charge in [-0.3, -0.25) is 4.79 Å². The van der Waals surface area contributed by atoms with Gasteiger partial charge in [0.25, 0.3) is 0 Å². The van der Waals surface area contributed by atoms with Gasteiger partial charge < -0.3 is 5.32 Å². The van der Waals surface area contributed by atoms with Crippen LogP contribution in [0.5, 0.6) is 0 Å². The largest absolute Gasteiger partial charge is 0.324 e. The zero-order chi connectivity index (χ0) is 11.6. The Morgan fingerprint density at radius 2 is 1.93 bits per heavy atom. The second-order valence-electron chi connectivity index (χ2n) is 4.69. The molecule has 15 heavy (non-hydrogen) atoms. The number of halogens is 1. The molecule has 1 N–H and O–H groups in total. The van der Waals surface area contributed by atoms with E-state index in [1.54, 1.807) is 6.07 Å². The third-order valence-corrected chi connectivity index (χ3v) is 2.38. The van der Waals surface area contributed by atoms with Crippen molar-refractivity contribution in [2.75, 3.05) is 5.32 Å². The molecule has 0 aromatic heterocycles. The van der Waals surface area contributed by atoms with Crippen LogP contribution < -0.4 is 5.32 Å². The number of carbonyl (C=O) groups excluding carboxylic acids is 1. The minimum Gasteiger partial charge on any atom is -0.324 e. The average molecular weight is 226 g/mol. The third-order valence-electron chi connectivity index (χ3n) is 2.05. The highest BCUT2D eigenvalue weighted by Gasteiger charge is 2.21. The fraction of sp³-hybridized carbons (Fsp3) is 0.417. The zero-order valence-corrected chi connectivity index (χ0v) is 10.3. The van der Waals surface area contributed by atoms with Crippen molar-refractivity contribution in [3.05, 3.63) is 28.8 Å². The summed E-state index contributed by atoms with van der Waals surface area (Å²) in [6, 6.07) is 5.57. The van der Waals surface area contributed by atoms with Gasteiger partial charge in [0.15, 0.2) is 0 Å². The van der Waals surface area contributed by atoms with Crippen LogP contribution in [-0.4, -0.2) is 5.91 Å². The molecule has 0 saturated carbocycles. The van der Waals surface area contributed by atoms with Crippen molar-refractivity contribution in [1.29, 1.82) is 0 Å². The van der Waals surface area contributed by atoms with E-state index in [4.69, 9.17) is 11.6 Å². The van der Waals surface area contributed by atoms with Gasteiger partial charge in [0.2, 0.25) is 5.91 Å². The van der Waals surface area contributed by atoms with E-state index in [1.165, 1.54) is 0 Å². The maximum absolute atomic E-state index is 11.7. The number of benzene rings is 1. The summed E-state index contributed by atoms with van der Waals surface area (Å²) < 4.78 is 0. The summed E-state index contributed by atoms with van der Waals surface area (Å²) in [5.41, 5.74) is 1.34. The van der Waals surface area contributed by atoms with Gasteiger partial charge in [-0.1, -0.05) is 38.4 Å². The molecule has 0 aliphatic heterocycles. The molecular weight excluding hydrogens is 210 g/mol. The quantitative estimate of drug-likeness (QED) is 0.777. The highest BCUT2D eigenvalue weighted by atomic mass is 35.5. The number of carbonyl (C=O) groups is 1. The average Bonchev–Trinajstić information content (AvgIpc) is 2.09. The molecule has 0 bridgehead atoms. The van der Waals surface area contributed by atoms with Crippen LogP contribution in [-0.2, 0) is 4.79 Å². The van der Waals surface area contributed by atoms with Crippen LogP contribution >= 0.6 is 11.6 Å². The predicted molar refractivity (Wildman–Crippen MR) is 64.3 cm³/mol. The molecule has 0 saturated heterocycles. The lowest BCUT2D eigenvalue weighted by Gasteiger charge is -2.18. The first kappa shape index (κ1) is 12.1. The summed E-state index contributed by atoms with van der Waals surface area (Å²) in [4.78, 5) is 11.7. The zero-order valence-electron chi connectivity index (χ0n) is 9.52. The first-order chi connectivity index (χ1) is 6.80. The number of amides is 1. The molecule has 0 aliphatic rings. The molecule has 1 amide bonds. The molecule has 0 fully saturated rings. The summed E-state index contributed by atoms with van der Waals surface area (Å²) in [6.45, 7) is 7.56. The van der Waals surface area contributed by atoms with E-state index in [0.29, 0.717) is 10.7 Å². The molecule has 3 heteroatoms. The Kier molecular flexibility index (Phi) is 3.40. The number of anilines is 1. The van der Waals surface area contributed by atoms with Crippen molar-refractivity contribution in [2.45, 2.75) is 27.7 Å². The monoisotopic (exact) mass is 225 g/mol. The number of aryl methyl sites for hydroxylation is 1. The Labute approximate surface area is 95.6 Å². The van der Waals surface area contributed by atoms with E-state index in [1.807, 2.05) is 39.8 Å². The van der Waals surface area contributed by atoms with E-state index in [0.717, 1.165) is 5.56 Å². The van der Waals surface area contributed by atoms with Crippen molar-refractivity contribution in [1.82, 2.24) is 0 Å². The van der Waals surface area contributed by atoms with Crippen LogP contribution in [0, 0.1) is 12.3 Å². The van der Waals surface area contributed by atoms with Crippen molar-refractivity contribution >= 4 is 23.2 Å². The van der Waals surface area contributed by atoms with Crippen molar-refractivity contribution in [3.8, 4) is 0 Å². The Morgan fingerprint density at radius 3 is 2.47 bits per heavy atom. The van der Waals surface area contributed by atoms with Crippen LogP contribution in [0.15, 0.2) is 18.2 Å². The number of nitrogens with one attached hydrogen (secondary N) is 1. The Hall–Kier alpha value is -1.02. The molecule has 0 heterocycles. The topological polar surface area (TPSA) is 29.1 Å². The van der Waals surface area contributed by atoms with Crippen molar-refractivity contribution in [3.63, 3.8) is 0 Å². The summed E-state index contributed by atoms with van der Waals surface area (Å²) in [5, 5.41) is 3.39. The Bertz CT molecular complexity index is 380. The molecular formula is C12H16ClNO. The molecule has 82 valence electrons. The lowest BCUT2D eigenvalue weighted by Crippen LogP contribution is -2.27. The van der Waals surface area contributed by atoms with Gasteiger partial charge in [0.1, 0.15) is 0 Å². The Balaban J connectivity index is 2.90. The summed E-state index contributed by atoms with van der Waals surface area (Å²) in [7, 11) is 0. The lowest BCUT2D eigenvalue weighted by atomic mass is 9.95. The summed E-state index contributed by atoms with van der Waals surface area (Å²) >= 11 is 5.98. The maximum atomic E-state index is 11.7. The standard InChI is InChI=1S/C12H16ClNO/c1-8-5-6-9(13)10(7-8)14-11(15)12(2,3)4/h5-7H,1-4H3,(H,14,15). The molecule has 2 nitrogen and oxygen atoms in total. The van der Waals surface area contributed by atoms with E-state index < -0.39 is 5.41 Å². The van der Waals surface area contributed by atoms with Gasteiger partial charge in [-0.25, -0.2) is 0 Å². The molecule has 0 atom stereocenters. The highest BCUT2D eigenvalue weighted by Crippen LogP contribution is 2.25. The van der Waals surface area contributed by atoms with E-state index in [-0.39, 0.29) is 5.91 Å². The molecule has 1 aromatic rings. The SMILES string of the molecule is Cc1ccc(Cl)c(NC(=O)C(C)(C)C)c1. The van der Waals surface area contributed by atoms with E-state index in [2.05, 4.69) is 5.32 Å². The third kappa shape index (κ3) is 3.24. The minimum absolute atomic E-state index is 0.0324. The molecule has 0 aliphatic carbocycles. The lowest BCUT2D eigenvalue weighted by molar-refractivity contribution is -0.123. The number of hydrogen-bond donors (Lipinski definition) is 1. The van der Waals surface area contributed by atoms with Crippen LogP contribution in [0.3, 0.4) is 0 Å². The molecule has 0 spiro atoms. The summed E-state index contributed by atoms with van der Waals surface area (Å²) in [6.07, 6.45) is 0. The molecule has 0 radical (unpaired) electrons. The minimum atomic E-state index is -0.410. The fourth-order valence-electron chi connectivity index (χ4n) is 1.04. The van der Waals surface area contributed by atoms with Gasteiger partial charge in [0.05, 0.1) is 10.7 Å². The molecule has 1 rings (SSSR count). The molecule has 1 aromatic carbocycles. The van der Waals surface area contributed by atoms with Crippen LogP contribution in [0.1, 0.15) is 26.3 Å². The first-order valence-corrected chi connectivity index (χ1v) is 5.26. The van der Waals surface area contributed by atoms with Gasteiger partial charge in [0, 0.05) is 5.41 Å². The number of rotatable bonds is 1. The first-order valence-electron chi connectivity index (χ1n) is 4.88. The van der Waals surface area contributed by atoms with E-state index >= 15 is 0 Å². The van der Waals surface area contributed by atoms with Crippen LogP contribution in [0.25, 0.3) is 0 Å². The van der Waals surface area contributed by atoms with Gasteiger partial charge in [-0.2, -0.15) is 0 Å². The maximum Gasteiger partial charge on any atom is 0.229 e. The molecule has 0 unspecified atom stereocenters. The van der Waals surface area contributed by atoms with Gasteiger partial charge in [-0.05, 0) is 24.6 Å². The van der Waals surface area contributed by atoms with Crippen LogP contribution in [0.2, 0.25) is 5.02 Å². The van der Waals surface area contributed by atoms with Gasteiger partial charge >= 0.3 is 0 Å². The number of hydrogen-bond acceptors (Lipinski definition) is 1. The van der Waals surface area contributed by atoms with Gasteiger partial charge in [-0.15, -0.1) is 0 Å². The predicted octanol–water partition coefficient (Wildman–Crippen LogP) is 3.63. The highest BCUT2D eigenvalue weighted by molar-refractivity contribution is 6.33. The van der Waals surface area contributed by atoms with Crippen molar-refractivity contribution < 1.29 is 4.79 Å².